The van der Waals surface area contributed by atoms with Crippen molar-refractivity contribution >= 4 is 37.6 Å². The molecule has 19 heavy (non-hydrogen) atoms. The normalized spacial score (nSPS) is 10.5. The van der Waals surface area contributed by atoms with Crippen molar-refractivity contribution in [3.8, 4) is 0 Å². The molecule has 2 aromatic rings. The smallest absolute Gasteiger partial charge is 0.173 e. The molecule has 0 fully saturated rings. The summed E-state index contributed by atoms with van der Waals surface area (Å²) in [7, 11) is 0. The van der Waals surface area contributed by atoms with Gasteiger partial charge in [0, 0.05) is 10.9 Å². The minimum absolute atomic E-state index is 0.0519. The predicted octanol–water partition coefficient (Wildman–Crippen LogP) is 4.92. The van der Waals surface area contributed by atoms with Gasteiger partial charge in [0.15, 0.2) is 11.6 Å². The number of Topliss-reactive ketones (excluding diaryl/α,β-unsaturated/α-hetero) is 1. The van der Waals surface area contributed by atoms with Gasteiger partial charge in [0.05, 0.1) is 10.0 Å². The summed E-state index contributed by atoms with van der Waals surface area (Å²) >= 11 is 6.23. The minimum atomic E-state index is -0.861. The van der Waals surface area contributed by atoms with Crippen LogP contribution in [0.15, 0.2) is 45.3 Å². The van der Waals surface area contributed by atoms with Crippen LogP contribution in [-0.4, -0.2) is 5.78 Å². The largest absolute Gasteiger partial charge is 0.294 e. The van der Waals surface area contributed by atoms with Crippen LogP contribution in [-0.2, 0) is 6.42 Å². The highest BCUT2D eigenvalue weighted by molar-refractivity contribution is 9.10. The zero-order valence-corrected chi connectivity index (χ0v) is 12.8. The quantitative estimate of drug-likeness (QED) is 0.538. The van der Waals surface area contributed by atoms with Gasteiger partial charge in [-0.3, -0.25) is 4.79 Å². The Labute approximate surface area is 125 Å². The Kier molecular flexibility index (Phi) is 4.47. The second-order valence-electron chi connectivity index (χ2n) is 3.95. The molecule has 0 saturated heterocycles. The monoisotopic (exact) mass is 388 g/mol. The standard InChI is InChI=1S/C14H8Br2F2O/c15-9-3-1-2-8(6-9)7-12(19)13-11(17)5-4-10(16)14(13)18/h1-6H,7H2. The number of ketones is 1. The van der Waals surface area contributed by atoms with E-state index in [-0.39, 0.29) is 10.9 Å². The number of benzene rings is 2. The van der Waals surface area contributed by atoms with Crippen LogP contribution in [0, 0.1) is 11.6 Å². The van der Waals surface area contributed by atoms with E-state index in [2.05, 4.69) is 31.9 Å². The molecule has 0 atom stereocenters. The number of hydrogen-bond acceptors (Lipinski definition) is 1. The SMILES string of the molecule is O=C(Cc1cccc(Br)c1)c1c(F)ccc(Br)c1F. The molecule has 5 heteroatoms. The third kappa shape index (κ3) is 3.28. The van der Waals surface area contributed by atoms with Crippen molar-refractivity contribution in [1.82, 2.24) is 0 Å². The van der Waals surface area contributed by atoms with E-state index in [0.29, 0.717) is 5.56 Å². The molecule has 1 nitrogen and oxygen atoms in total. The van der Waals surface area contributed by atoms with E-state index < -0.39 is 23.0 Å². The Balaban J connectivity index is 2.33. The molecule has 0 saturated carbocycles. The zero-order chi connectivity index (χ0) is 14.0. The Morgan fingerprint density at radius 2 is 1.84 bits per heavy atom. The lowest BCUT2D eigenvalue weighted by Crippen LogP contribution is -2.09. The summed E-state index contributed by atoms with van der Waals surface area (Å²) in [5.74, 6) is -2.30. The number of hydrogen-bond donors (Lipinski definition) is 0. The van der Waals surface area contributed by atoms with Crippen molar-refractivity contribution in [3.63, 3.8) is 0 Å². The van der Waals surface area contributed by atoms with E-state index in [0.717, 1.165) is 10.5 Å². The maximum absolute atomic E-state index is 13.8. The lowest BCUT2D eigenvalue weighted by Gasteiger charge is -2.06. The number of carbonyl (C=O) groups excluding carboxylic acids is 1. The first-order valence-electron chi connectivity index (χ1n) is 5.40. The van der Waals surface area contributed by atoms with Gasteiger partial charge >= 0.3 is 0 Å². The van der Waals surface area contributed by atoms with Gasteiger partial charge in [-0.25, -0.2) is 8.78 Å². The molecule has 0 aliphatic carbocycles. The highest BCUT2D eigenvalue weighted by atomic mass is 79.9. The van der Waals surface area contributed by atoms with E-state index in [9.17, 15) is 13.6 Å². The lowest BCUT2D eigenvalue weighted by atomic mass is 10.0. The molecule has 98 valence electrons. The third-order valence-electron chi connectivity index (χ3n) is 2.58. The summed E-state index contributed by atoms with van der Waals surface area (Å²) in [5.41, 5.74) is 0.188. The molecule has 2 rings (SSSR count). The Morgan fingerprint density at radius 1 is 1.11 bits per heavy atom. The second kappa shape index (κ2) is 5.92. The van der Waals surface area contributed by atoms with Crippen LogP contribution in [0.4, 0.5) is 8.78 Å². The second-order valence-corrected chi connectivity index (χ2v) is 5.72. The first kappa shape index (κ1) is 14.3. The van der Waals surface area contributed by atoms with E-state index in [1.54, 1.807) is 18.2 Å². The summed E-state index contributed by atoms with van der Waals surface area (Å²) in [6, 6.07) is 9.36. The van der Waals surface area contributed by atoms with E-state index in [1.807, 2.05) is 6.07 Å². The van der Waals surface area contributed by atoms with Gasteiger partial charge in [-0.05, 0) is 45.8 Å². The first-order chi connectivity index (χ1) is 8.99. The fourth-order valence-electron chi connectivity index (χ4n) is 1.70. The maximum atomic E-state index is 13.8. The van der Waals surface area contributed by atoms with Gasteiger partial charge in [-0.1, -0.05) is 28.1 Å². The fraction of sp³-hybridized carbons (Fsp3) is 0.0714. The van der Waals surface area contributed by atoms with Crippen LogP contribution in [0.2, 0.25) is 0 Å². The molecule has 0 amide bonds. The number of halogens is 4. The molecule has 0 aromatic heterocycles. The molecule has 0 bridgehead atoms. The zero-order valence-electron chi connectivity index (χ0n) is 9.59. The molecule has 0 unspecified atom stereocenters. The Morgan fingerprint density at radius 3 is 2.53 bits per heavy atom. The molecule has 2 aromatic carbocycles. The van der Waals surface area contributed by atoms with Crippen molar-refractivity contribution in [2.75, 3.05) is 0 Å². The Bertz CT molecular complexity index is 641. The van der Waals surface area contributed by atoms with Gasteiger partial charge in [0.25, 0.3) is 0 Å². The predicted molar refractivity (Wildman–Crippen MR) is 76.2 cm³/mol. The van der Waals surface area contributed by atoms with E-state index in [4.69, 9.17) is 0 Å². The van der Waals surface area contributed by atoms with E-state index in [1.165, 1.54) is 6.07 Å². The highest BCUT2D eigenvalue weighted by Crippen LogP contribution is 2.23. The summed E-state index contributed by atoms with van der Waals surface area (Å²) in [5, 5.41) is 0. The average Bonchev–Trinajstić information content (AvgIpc) is 2.34. The van der Waals surface area contributed by atoms with Crippen molar-refractivity contribution in [3.05, 3.63) is 68.1 Å². The summed E-state index contributed by atoms with van der Waals surface area (Å²) in [6.07, 6.45) is -0.0519. The molecule has 0 N–H and O–H groups in total. The molecule has 0 spiro atoms. The molecular formula is C14H8Br2F2O. The fourth-order valence-corrected chi connectivity index (χ4v) is 2.48. The summed E-state index contributed by atoms with van der Waals surface area (Å²) in [6.45, 7) is 0. The summed E-state index contributed by atoms with van der Waals surface area (Å²) < 4.78 is 28.2. The minimum Gasteiger partial charge on any atom is -0.294 e. The van der Waals surface area contributed by atoms with Gasteiger partial charge < -0.3 is 0 Å². The first-order valence-corrected chi connectivity index (χ1v) is 6.99. The van der Waals surface area contributed by atoms with Crippen molar-refractivity contribution < 1.29 is 13.6 Å². The molecule has 0 heterocycles. The van der Waals surface area contributed by atoms with E-state index >= 15 is 0 Å². The highest BCUT2D eigenvalue weighted by Gasteiger charge is 2.19. The van der Waals surface area contributed by atoms with Crippen LogP contribution >= 0.6 is 31.9 Å². The lowest BCUT2D eigenvalue weighted by molar-refractivity contribution is 0.0984. The third-order valence-corrected chi connectivity index (χ3v) is 3.68. The topological polar surface area (TPSA) is 17.1 Å². The molecule has 0 radical (unpaired) electrons. The van der Waals surface area contributed by atoms with Crippen molar-refractivity contribution in [1.29, 1.82) is 0 Å². The van der Waals surface area contributed by atoms with Gasteiger partial charge in [0.2, 0.25) is 0 Å². The van der Waals surface area contributed by atoms with Crippen molar-refractivity contribution in [2.45, 2.75) is 6.42 Å². The van der Waals surface area contributed by atoms with Crippen molar-refractivity contribution in [2.24, 2.45) is 0 Å². The van der Waals surface area contributed by atoms with Crippen LogP contribution in [0.3, 0.4) is 0 Å². The van der Waals surface area contributed by atoms with Gasteiger partial charge in [-0.15, -0.1) is 0 Å². The van der Waals surface area contributed by atoms with Crippen LogP contribution in [0.5, 0.6) is 0 Å². The summed E-state index contributed by atoms with van der Waals surface area (Å²) in [4.78, 5) is 12.0. The molecule has 0 aliphatic rings. The van der Waals surface area contributed by atoms with Crippen LogP contribution < -0.4 is 0 Å². The number of carbonyl (C=O) groups is 1. The Hall–Kier alpha value is -1.07. The van der Waals surface area contributed by atoms with Crippen LogP contribution in [0.1, 0.15) is 15.9 Å². The number of rotatable bonds is 3. The van der Waals surface area contributed by atoms with Gasteiger partial charge in [0.1, 0.15) is 5.82 Å². The average molecular weight is 390 g/mol. The van der Waals surface area contributed by atoms with Gasteiger partial charge in [-0.2, -0.15) is 0 Å². The molecule has 0 aliphatic heterocycles. The maximum Gasteiger partial charge on any atom is 0.173 e. The molecular weight excluding hydrogens is 382 g/mol. The van der Waals surface area contributed by atoms with Crippen LogP contribution in [0.25, 0.3) is 0 Å².